The van der Waals surface area contributed by atoms with Gasteiger partial charge in [0.15, 0.2) is 0 Å². The third-order valence-corrected chi connectivity index (χ3v) is 2.91. The van der Waals surface area contributed by atoms with Crippen molar-refractivity contribution < 1.29 is 4.79 Å². The lowest BCUT2D eigenvalue weighted by Crippen LogP contribution is -2.33. The molecule has 4 nitrogen and oxygen atoms in total. The number of urea groups is 1. The molecule has 2 amide bonds. The molecule has 0 saturated carbocycles. The van der Waals surface area contributed by atoms with Crippen molar-refractivity contribution in [3.8, 4) is 0 Å². The molecule has 4 heteroatoms. The van der Waals surface area contributed by atoms with Crippen LogP contribution >= 0.6 is 0 Å². The maximum Gasteiger partial charge on any atom is 0.317 e. The van der Waals surface area contributed by atoms with Crippen LogP contribution in [0.5, 0.6) is 0 Å². The highest BCUT2D eigenvalue weighted by molar-refractivity contribution is 5.76. The summed E-state index contributed by atoms with van der Waals surface area (Å²) in [6.45, 7) is 4.97. The smallest absolute Gasteiger partial charge is 0.317 e. The van der Waals surface area contributed by atoms with Crippen LogP contribution < -0.4 is 5.32 Å². The Bertz CT molecular complexity index is 207. The van der Waals surface area contributed by atoms with Gasteiger partial charge in [-0.1, -0.05) is 0 Å². The van der Waals surface area contributed by atoms with E-state index in [9.17, 15) is 4.79 Å². The largest absolute Gasteiger partial charge is 0.336 e. The number of amides is 2. The van der Waals surface area contributed by atoms with Crippen molar-refractivity contribution in [2.75, 3.05) is 39.8 Å². The summed E-state index contributed by atoms with van der Waals surface area (Å²) in [6.07, 6.45) is 1.24. The van der Waals surface area contributed by atoms with E-state index in [0.717, 1.165) is 26.2 Å². The van der Waals surface area contributed by atoms with Gasteiger partial charge < -0.3 is 15.1 Å². The number of hydrogen-bond acceptors (Lipinski definition) is 2. The zero-order valence-electron chi connectivity index (χ0n) is 8.12. The van der Waals surface area contributed by atoms with E-state index in [2.05, 4.69) is 17.3 Å². The number of nitrogens with one attached hydrogen (secondary N) is 1. The van der Waals surface area contributed by atoms with Gasteiger partial charge in [0.1, 0.15) is 0 Å². The molecular weight excluding hydrogens is 166 g/mol. The predicted octanol–water partition coefficient (Wildman–Crippen LogP) is -0.0367. The lowest BCUT2D eigenvalue weighted by Gasteiger charge is -2.18. The summed E-state index contributed by atoms with van der Waals surface area (Å²) in [4.78, 5) is 15.5. The topological polar surface area (TPSA) is 35.6 Å². The first kappa shape index (κ1) is 8.81. The Morgan fingerprint density at radius 3 is 2.92 bits per heavy atom. The van der Waals surface area contributed by atoms with Gasteiger partial charge in [-0.25, -0.2) is 4.79 Å². The van der Waals surface area contributed by atoms with Crippen LogP contribution in [0.3, 0.4) is 0 Å². The van der Waals surface area contributed by atoms with E-state index >= 15 is 0 Å². The fraction of sp³-hybridized carbons (Fsp3) is 0.889. The Hall–Kier alpha value is -0.770. The number of carbonyl (C=O) groups is 1. The zero-order chi connectivity index (χ0) is 9.26. The average Bonchev–Trinajstić information content (AvgIpc) is 2.64. The van der Waals surface area contributed by atoms with Gasteiger partial charge in [-0.05, 0) is 25.9 Å². The Labute approximate surface area is 78.9 Å². The molecule has 2 aliphatic rings. The lowest BCUT2D eigenvalue weighted by molar-refractivity contribution is 0.209. The summed E-state index contributed by atoms with van der Waals surface area (Å²) in [7, 11) is 2.14. The number of hydrogen-bond donors (Lipinski definition) is 1. The van der Waals surface area contributed by atoms with Gasteiger partial charge in [0.2, 0.25) is 0 Å². The molecule has 2 saturated heterocycles. The summed E-state index contributed by atoms with van der Waals surface area (Å²) in [5.41, 5.74) is 0. The maximum absolute atomic E-state index is 11.2. The van der Waals surface area contributed by atoms with Gasteiger partial charge in [0.05, 0.1) is 0 Å². The maximum atomic E-state index is 11.2. The quantitative estimate of drug-likeness (QED) is 0.652. The van der Waals surface area contributed by atoms with Crippen LogP contribution in [0.25, 0.3) is 0 Å². The van der Waals surface area contributed by atoms with Crippen molar-refractivity contribution in [3.63, 3.8) is 0 Å². The van der Waals surface area contributed by atoms with Crippen LogP contribution in [0.4, 0.5) is 4.79 Å². The Morgan fingerprint density at radius 2 is 2.38 bits per heavy atom. The highest BCUT2D eigenvalue weighted by atomic mass is 16.2. The third-order valence-electron chi connectivity index (χ3n) is 2.91. The highest BCUT2D eigenvalue weighted by Gasteiger charge is 2.26. The molecule has 13 heavy (non-hydrogen) atoms. The molecule has 1 atom stereocenters. The molecule has 0 aromatic heterocycles. The Kier molecular flexibility index (Phi) is 2.40. The molecule has 2 fully saturated rings. The SMILES string of the molecule is CN1CCC(CN2CCNC2=O)C1. The van der Waals surface area contributed by atoms with E-state index < -0.39 is 0 Å². The van der Waals surface area contributed by atoms with E-state index in [0.29, 0.717) is 5.92 Å². The van der Waals surface area contributed by atoms with Gasteiger partial charge in [0.25, 0.3) is 0 Å². The minimum absolute atomic E-state index is 0.120. The number of nitrogens with zero attached hydrogens (tertiary/aromatic N) is 2. The molecule has 0 aliphatic carbocycles. The summed E-state index contributed by atoms with van der Waals surface area (Å²) >= 11 is 0. The fourth-order valence-corrected chi connectivity index (χ4v) is 2.17. The lowest BCUT2D eigenvalue weighted by atomic mass is 10.1. The van der Waals surface area contributed by atoms with E-state index in [1.54, 1.807) is 0 Å². The van der Waals surface area contributed by atoms with Crippen LogP contribution in [0.2, 0.25) is 0 Å². The number of rotatable bonds is 2. The molecule has 1 N–H and O–H groups in total. The molecule has 0 aromatic rings. The minimum Gasteiger partial charge on any atom is -0.336 e. The van der Waals surface area contributed by atoms with Crippen molar-refractivity contribution >= 4 is 6.03 Å². The van der Waals surface area contributed by atoms with Gasteiger partial charge in [-0.2, -0.15) is 0 Å². The van der Waals surface area contributed by atoms with Crippen LogP contribution in [0.1, 0.15) is 6.42 Å². The molecule has 2 aliphatic heterocycles. The molecular formula is C9H17N3O. The van der Waals surface area contributed by atoms with Crippen LogP contribution in [0.15, 0.2) is 0 Å². The molecule has 0 spiro atoms. The second-order valence-corrected chi connectivity index (χ2v) is 4.09. The molecule has 2 rings (SSSR count). The first-order valence-corrected chi connectivity index (χ1v) is 4.97. The second-order valence-electron chi connectivity index (χ2n) is 4.09. The van der Waals surface area contributed by atoms with Crippen LogP contribution in [0, 0.1) is 5.92 Å². The Balaban J connectivity index is 1.81. The van der Waals surface area contributed by atoms with Crippen LogP contribution in [-0.4, -0.2) is 55.6 Å². The zero-order valence-corrected chi connectivity index (χ0v) is 8.12. The van der Waals surface area contributed by atoms with E-state index in [1.165, 1.54) is 13.0 Å². The highest BCUT2D eigenvalue weighted by Crippen LogP contribution is 2.16. The molecule has 0 radical (unpaired) electrons. The van der Waals surface area contributed by atoms with Crippen molar-refractivity contribution in [3.05, 3.63) is 0 Å². The van der Waals surface area contributed by atoms with Crippen molar-refractivity contribution in [2.45, 2.75) is 6.42 Å². The monoisotopic (exact) mass is 183 g/mol. The van der Waals surface area contributed by atoms with Crippen molar-refractivity contribution in [2.24, 2.45) is 5.92 Å². The summed E-state index contributed by atoms with van der Waals surface area (Å²) in [5, 5.41) is 2.83. The number of likely N-dealkylation sites (tertiary alicyclic amines) is 1. The summed E-state index contributed by atoms with van der Waals surface area (Å²) in [6, 6.07) is 0.120. The van der Waals surface area contributed by atoms with Crippen LogP contribution in [-0.2, 0) is 0 Å². The van der Waals surface area contributed by atoms with Gasteiger partial charge in [-0.15, -0.1) is 0 Å². The molecule has 2 heterocycles. The van der Waals surface area contributed by atoms with Gasteiger partial charge in [0, 0.05) is 26.2 Å². The third kappa shape index (κ3) is 1.94. The molecule has 0 aromatic carbocycles. The van der Waals surface area contributed by atoms with E-state index in [4.69, 9.17) is 0 Å². The van der Waals surface area contributed by atoms with Crippen molar-refractivity contribution in [1.82, 2.24) is 15.1 Å². The van der Waals surface area contributed by atoms with E-state index in [1.807, 2.05) is 4.90 Å². The minimum atomic E-state index is 0.120. The summed E-state index contributed by atoms with van der Waals surface area (Å²) < 4.78 is 0. The fourth-order valence-electron chi connectivity index (χ4n) is 2.17. The molecule has 1 unspecified atom stereocenters. The van der Waals surface area contributed by atoms with Gasteiger partial charge >= 0.3 is 6.03 Å². The first-order chi connectivity index (χ1) is 6.25. The van der Waals surface area contributed by atoms with Gasteiger partial charge in [-0.3, -0.25) is 0 Å². The first-order valence-electron chi connectivity index (χ1n) is 4.97. The standard InChI is InChI=1S/C9H17N3O/c1-11-4-2-8(6-11)7-12-5-3-10-9(12)13/h8H,2-7H2,1H3,(H,10,13). The second kappa shape index (κ2) is 3.54. The molecule has 74 valence electrons. The average molecular weight is 183 g/mol. The number of carbonyl (C=O) groups excluding carboxylic acids is 1. The molecule has 0 bridgehead atoms. The Morgan fingerprint density at radius 1 is 1.54 bits per heavy atom. The van der Waals surface area contributed by atoms with Crippen molar-refractivity contribution in [1.29, 1.82) is 0 Å². The predicted molar refractivity (Wildman–Crippen MR) is 50.6 cm³/mol. The normalized spacial score (nSPS) is 29.8. The summed E-state index contributed by atoms with van der Waals surface area (Å²) in [5.74, 6) is 0.689. The van der Waals surface area contributed by atoms with E-state index in [-0.39, 0.29) is 6.03 Å².